The van der Waals surface area contributed by atoms with Crippen LogP contribution in [0.3, 0.4) is 0 Å². The molecule has 174 valence electrons. The van der Waals surface area contributed by atoms with Crippen LogP contribution in [0.2, 0.25) is 0 Å². The zero-order valence-corrected chi connectivity index (χ0v) is 18.5. The maximum Gasteiger partial charge on any atom is 0.416 e. The Labute approximate surface area is 195 Å². The van der Waals surface area contributed by atoms with Crippen molar-refractivity contribution < 1.29 is 18.0 Å². The Morgan fingerprint density at radius 1 is 0.912 bits per heavy atom. The Hall–Kier alpha value is -3.73. The molecule has 0 bridgehead atoms. The van der Waals surface area contributed by atoms with Crippen molar-refractivity contribution in [3.05, 3.63) is 82.7 Å². The average molecular weight is 464 g/mol. The highest BCUT2D eigenvalue weighted by Crippen LogP contribution is 2.32. The zero-order valence-electron chi connectivity index (χ0n) is 18.5. The number of rotatable bonds is 3. The smallest absolute Gasteiger partial charge is 0.368 e. The third-order valence-corrected chi connectivity index (χ3v) is 6.68. The summed E-state index contributed by atoms with van der Waals surface area (Å²) < 4.78 is 41.0. The molecule has 5 nitrogen and oxygen atoms in total. The molecule has 0 radical (unpaired) electrons. The minimum atomic E-state index is -4.40. The number of aromatic nitrogens is 1. The second kappa shape index (κ2) is 8.56. The Balaban J connectivity index is 1.36. The van der Waals surface area contributed by atoms with Crippen LogP contribution in [0.1, 0.15) is 39.2 Å². The Kier molecular flexibility index (Phi) is 5.56. The van der Waals surface area contributed by atoms with Gasteiger partial charge in [0.1, 0.15) is 11.8 Å². The van der Waals surface area contributed by atoms with Crippen LogP contribution in [-0.2, 0) is 19.0 Å². The van der Waals surface area contributed by atoms with Gasteiger partial charge in [-0.3, -0.25) is 4.79 Å². The van der Waals surface area contributed by atoms with E-state index in [1.54, 1.807) is 27.8 Å². The minimum absolute atomic E-state index is 0.245. The Morgan fingerprint density at radius 2 is 1.68 bits per heavy atom. The van der Waals surface area contributed by atoms with Crippen molar-refractivity contribution in [1.82, 2.24) is 9.47 Å². The van der Waals surface area contributed by atoms with E-state index in [1.165, 1.54) is 17.2 Å². The van der Waals surface area contributed by atoms with Gasteiger partial charge in [0, 0.05) is 43.8 Å². The first-order valence-corrected chi connectivity index (χ1v) is 11.3. The number of halogens is 3. The molecule has 1 amide bonds. The summed E-state index contributed by atoms with van der Waals surface area (Å²) >= 11 is 0. The van der Waals surface area contributed by atoms with E-state index in [0.717, 1.165) is 37.1 Å². The summed E-state index contributed by atoms with van der Waals surface area (Å²) in [6, 6.07) is 15.2. The van der Waals surface area contributed by atoms with Crippen LogP contribution in [0.15, 0.2) is 54.7 Å². The molecule has 1 aliphatic carbocycles. The van der Waals surface area contributed by atoms with Crippen molar-refractivity contribution in [3.8, 4) is 11.8 Å². The van der Waals surface area contributed by atoms with Crippen LogP contribution >= 0.6 is 0 Å². The van der Waals surface area contributed by atoms with Gasteiger partial charge in [-0.1, -0.05) is 12.1 Å². The monoisotopic (exact) mass is 464 g/mol. The van der Waals surface area contributed by atoms with Crippen LogP contribution < -0.4 is 4.90 Å². The van der Waals surface area contributed by atoms with Crippen molar-refractivity contribution in [3.63, 3.8) is 0 Å². The highest BCUT2D eigenvalue weighted by molar-refractivity contribution is 5.96. The molecule has 1 saturated heterocycles. The van der Waals surface area contributed by atoms with Crippen LogP contribution in [-0.4, -0.2) is 41.6 Å². The first-order valence-electron chi connectivity index (χ1n) is 11.3. The number of hydrogen-bond donors (Lipinski definition) is 0. The molecular weight excluding hydrogens is 441 g/mol. The number of fused-ring (bicyclic) bond motifs is 1. The maximum absolute atomic E-state index is 13.5. The lowest BCUT2D eigenvalue weighted by molar-refractivity contribution is -0.137. The molecule has 1 aliphatic heterocycles. The number of nitriles is 1. The fourth-order valence-corrected chi connectivity index (χ4v) is 4.86. The fourth-order valence-electron chi connectivity index (χ4n) is 4.86. The maximum atomic E-state index is 13.5. The number of hydrogen-bond acceptors (Lipinski definition) is 3. The molecule has 0 atom stereocenters. The number of amides is 1. The van der Waals surface area contributed by atoms with Crippen LogP contribution in [0, 0.1) is 11.3 Å². The van der Waals surface area contributed by atoms with Gasteiger partial charge in [0.25, 0.3) is 5.91 Å². The summed E-state index contributed by atoms with van der Waals surface area (Å²) in [7, 11) is 0. The molecule has 5 rings (SSSR count). The van der Waals surface area contributed by atoms with Gasteiger partial charge >= 0.3 is 6.18 Å². The Morgan fingerprint density at radius 3 is 2.41 bits per heavy atom. The van der Waals surface area contributed by atoms with Crippen molar-refractivity contribution in [2.24, 2.45) is 0 Å². The zero-order chi connectivity index (χ0) is 23.9. The number of carbonyl (C=O) groups excluding carboxylic acids is 1. The number of benzene rings is 2. The normalized spacial score (nSPS) is 15.8. The number of piperazine rings is 1. The lowest BCUT2D eigenvalue weighted by atomic mass is 10.1. The van der Waals surface area contributed by atoms with Gasteiger partial charge < -0.3 is 14.4 Å². The predicted octanol–water partition coefficient (Wildman–Crippen LogP) is 4.82. The molecule has 2 aliphatic rings. The standard InChI is InChI=1S/C26H23F3N4O/c27-26(28,29)21-5-2-6-22(16-21)31-11-13-32(14-12-31)25(34)24-20(17-30)9-10-33(24)23-8-7-18-3-1-4-19(18)15-23/h2,5-10,15-16H,1,3-4,11-14H2. The van der Waals surface area contributed by atoms with Gasteiger partial charge in [0.2, 0.25) is 0 Å². The van der Waals surface area contributed by atoms with E-state index >= 15 is 0 Å². The molecule has 0 spiro atoms. The lowest BCUT2D eigenvalue weighted by Gasteiger charge is -2.36. The van der Waals surface area contributed by atoms with Gasteiger partial charge in [0.15, 0.2) is 0 Å². The summed E-state index contributed by atoms with van der Waals surface area (Å²) in [5.41, 5.74) is 3.90. The highest BCUT2D eigenvalue weighted by atomic mass is 19.4. The van der Waals surface area contributed by atoms with E-state index in [4.69, 9.17) is 0 Å². The predicted molar refractivity (Wildman–Crippen MR) is 122 cm³/mol. The molecule has 1 fully saturated rings. The second-order valence-electron chi connectivity index (χ2n) is 8.69. The fraction of sp³-hybridized carbons (Fsp3) is 0.308. The molecule has 34 heavy (non-hydrogen) atoms. The van der Waals surface area contributed by atoms with E-state index in [9.17, 15) is 23.2 Å². The molecule has 0 saturated carbocycles. The molecule has 1 aromatic heterocycles. The summed E-state index contributed by atoms with van der Waals surface area (Å²) in [4.78, 5) is 17.0. The largest absolute Gasteiger partial charge is 0.416 e. The molecule has 2 heterocycles. The van der Waals surface area contributed by atoms with Gasteiger partial charge in [-0.05, 0) is 66.8 Å². The quantitative estimate of drug-likeness (QED) is 0.559. The van der Waals surface area contributed by atoms with Crippen molar-refractivity contribution >= 4 is 11.6 Å². The SMILES string of the molecule is N#Cc1ccn(-c2ccc3c(c2)CCC3)c1C(=O)N1CCN(c2cccc(C(F)(F)F)c2)CC1. The summed E-state index contributed by atoms with van der Waals surface area (Å²) in [5.74, 6) is -0.245. The number of alkyl halides is 3. The first-order chi connectivity index (χ1) is 16.3. The van der Waals surface area contributed by atoms with E-state index in [2.05, 4.69) is 18.2 Å². The van der Waals surface area contributed by atoms with Crippen molar-refractivity contribution in [2.45, 2.75) is 25.4 Å². The van der Waals surface area contributed by atoms with Gasteiger partial charge in [-0.15, -0.1) is 0 Å². The van der Waals surface area contributed by atoms with Gasteiger partial charge in [-0.2, -0.15) is 18.4 Å². The summed E-state index contributed by atoms with van der Waals surface area (Å²) in [6.07, 6.45) is 0.546. The second-order valence-corrected chi connectivity index (χ2v) is 8.69. The van der Waals surface area contributed by atoms with Gasteiger partial charge in [-0.25, -0.2) is 0 Å². The molecule has 0 N–H and O–H groups in total. The molecule has 3 aromatic rings. The topological polar surface area (TPSA) is 52.3 Å². The molecule has 2 aromatic carbocycles. The number of aryl methyl sites for hydroxylation is 2. The highest BCUT2D eigenvalue weighted by Gasteiger charge is 2.32. The molecular formula is C26H23F3N4O. The number of nitrogens with zero attached hydrogens (tertiary/aromatic N) is 4. The number of carbonyl (C=O) groups is 1. The van der Waals surface area contributed by atoms with Crippen molar-refractivity contribution in [1.29, 1.82) is 5.26 Å². The van der Waals surface area contributed by atoms with Crippen molar-refractivity contribution in [2.75, 3.05) is 31.1 Å². The third-order valence-electron chi connectivity index (χ3n) is 6.68. The van der Waals surface area contributed by atoms with E-state index in [0.29, 0.717) is 43.1 Å². The van der Waals surface area contributed by atoms with Crippen LogP contribution in [0.5, 0.6) is 0 Å². The van der Waals surface area contributed by atoms with E-state index in [1.807, 2.05) is 11.0 Å². The Bertz CT molecular complexity index is 1280. The molecule has 8 heteroatoms. The summed E-state index contributed by atoms with van der Waals surface area (Å²) in [5, 5.41) is 9.63. The van der Waals surface area contributed by atoms with Gasteiger partial charge in [0.05, 0.1) is 11.1 Å². The van der Waals surface area contributed by atoms with Crippen LogP contribution in [0.4, 0.5) is 18.9 Å². The minimum Gasteiger partial charge on any atom is -0.368 e. The van der Waals surface area contributed by atoms with E-state index < -0.39 is 11.7 Å². The first kappa shape index (κ1) is 22.1. The lowest BCUT2D eigenvalue weighted by Crippen LogP contribution is -2.49. The molecule has 0 unspecified atom stereocenters. The summed E-state index contributed by atoms with van der Waals surface area (Å²) in [6.45, 7) is 1.54. The van der Waals surface area contributed by atoms with Crippen LogP contribution in [0.25, 0.3) is 5.69 Å². The van der Waals surface area contributed by atoms with E-state index in [-0.39, 0.29) is 5.91 Å². The average Bonchev–Trinajstić information content (AvgIpc) is 3.49. The number of anilines is 1. The third kappa shape index (κ3) is 4.03.